The molecule has 2 rings (SSSR count). The summed E-state index contributed by atoms with van der Waals surface area (Å²) in [4.78, 5) is 7.27. The molecule has 1 aromatic carbocycles. The zero-order chi connectivity index (χ0) is 11.5. The highest BCUT2D eigenvalue weighted by Gasteiger charge is 2.05. The minimum Gasteiger partial charge on any atom is -0.393 e. The molecule has 2 N–H and O–H groups in total. The molecule has 0 aliphatic rings. The molecule has 0 amide bonds. The van der Waals surface area contributed by atoms with Gasteiger partial charge in [0.05, 0.1) is 6.10 Å². The molecule has 1 atom stereocenters. The Morgan fingerprint density at radius 3 is 2.69 bits per heavy atom. The molecular formula is C12H13FN2O. The second kappa shape index (κ2) is 4.45. The molecule has 0 fully saturated rings. The van der Waals surface area contributed by atoms with E-state index >= 15 is 0 Å². The number of benzene rings is 1. The summed E-state index contributed by atoms with van der Waals surface area (Å²) in [7, 11) is 0. The van der Waals surface area contributed by atoms with Gasteiger partial charge in [-0.1, -0.05) is 0 Å². The van der Waals surface area contributed by atoms with E-state index in [4.69, 9.17) is 0 Å². The largest absolute Gasteiger partial charge is 0.393 e. The van der Waals surface area contributed by atoms with Crippen LogP contribution < -0.4 is 0 Å². The van der Waals surface area contributed by atoms with Crippen molar-refractivity contribution in [2.75, 3.05) is 0 Å². The van der Waals surface area contributed by atoms with Gasteiger partial charge in [0, 0.05) is 23.9 Å². The van der Waals surface area contributed by atoms with Crippen LogP contribution in [-0.2, 0) is 6.42 Å². The van der Waals surface area contributed by atoms with Crippen molar-refractivity contribution in [1.29, 1.82) is 0 Å². The van der Waals surface area contributed by atoms with Crippen molar-refractivity contribution in [1.82, 2.24) is 9.97 Å². The van der Waals surface area contributed by atoms with Gasteiger partial charge in [0.1, 0.15) is 11.6 Å². The molecule has 84 valence electrons. The van der Waals surface area contributed by atoms with E-state index in [1.165, 1.54) is 12.1 Å². The van der Waals surface area contributed by atoms with E-state index in [0.717, 1.165) is 11.3 Å². The van der Waals surface area contributed by atoms with Crippen LogP contribution >= 0.6 is 0 Å². The number of imidazole rings is 1. The number of hydrogen-bond donors (Lipinski definition) is 2. The summed E-state index contributed by atoms with van der Waals surface area (Å²) in [6.45, 7) is 1.72. The first kappa shape index (κ1) is 10.8. The van der Waals surface area contributed by atoms with Crippen LogP contribution in [0, 0.1) is 5.82 Å². The van der Waals surface area contributed by atoms with Crippen molar-refractivity contribution in [2.45, 2.75) is 19.4 Å². The molecule has 1 heterocycles. The summed E-state index contributed by atoms with van der Waals surface area (Å²) in [5, 5.41) is 9.22. The van der Waals surface area contributed by atoms with E-state index in [-0.39, 0.29) is 5.82 Å². The van der Waals surface area contributed by atoms with E-state index in [1.807, 2.05) is 0 Å². The number of rotatable bonds is 3. The molecule has 0 saturated heterocycles. The predicted molar refractivity (Wildman–Crippen MR) is 59.4 cm³/mol. The Balaban J connectivity index is 2.21. The number of hydrogen-bond acceptors (Lipinski definition) is 2. The topological polar surface area (TPSA) is 48.9 Å². The third-order valence-corrected chi connectivity index (χ3v) is 2.26. The molecule has 2 aromatic rings. The fourth-order valence-electron chi connectivity index (χ4n) is 1.54. The SMILES string of the molecule is CC(O)Cc1cnc(-c2ccc(F)cc2)[nH]1. The summed E-state index contributed by atoms with van der Waals surface area (Å²) >= 11 is 0. The lowest BCUT2D eigenvalue weighted by molar-refractivity contribution is 0.194. The lowest BCUT2D eigenvalue weighted by Crippen LogP contribution is -2.04. The van der Waals surface area contributed by atoms with Crippen LogP contribution in [0.25, 0.3) is 11.4 Å². The molecular weight excluding hydrogens is 207 g/mol. The monoisotopic (exact) mass is 220 g/mol. The van der Waals surface area contributed by atoms with Crippen LogP contribution in [0.4, 0.5) is 4.39 Å². The number of H-pyrrole nitrogens is 1. The van der Waals surface area contributed by atoms with Crippen LogP contribution in [0.2, 0.25) is 0 Å². The van der Waals surface area contributed by atoms with Gasteiger partial charge in [0.2, 0.25) is 0 Å². The number of halogens is 1. The Morgan fingerprint density at radius 2 is 2.06 bits per heavy atom. The van der Waals surface area contributed by atoms with Gasteiger partial charge in [0.15, 0.2) is 0 Å². The Kier molecular flexibility index (Phi) is 3.01. The molecule has 0 bridgehead atoms. The van der Waals surface area contributed by atoms with Crippen LogP contribution in [0.3, 0.4) is 0 Å². The van der Waals surface area contributed by atoms with Gasteiger partial charge in [-0.2, -0.15) is 0 Å². The van der Waals surface area contributed by atoms with Gasteiger partial charge in [0.25, 0.3) is 0 Å². The minimum atomic E-state index is -0.401. The maximum Gasteiger partial charge on any atom is 0.137 e. The molecule has 0 aliphatic carbocycles. The van der Waals surface area contributed by atoms with Gasteiger partial charge in [-0.05, 0) is 31.2 Å². The number of aliphatic hydroxyl groups excluding tert-OH is 1. The number of nitrogens with one attached hydrogen (secondary N) is 1. The first-order valence-corrected chi connectivity index (χ1v) is 5.13. The number of nitrogens with zero attached hydrogens (tertiary/aromatic N) is 1. The van der Waals surface area contributed by atoms with Gasteiger partial charge in [-0.25, -0.2) is 9.37 Å². The van der Waals surface area contributed by atoms with Crippen LogP contribution in [0.1, 0.15) is 12.6 Å². The number of aromatic amines is 1. The molecule has 0 radical (unpaired) electrons. The maximum absolute atomic E-state index is 12.7. The average Bonchev–Trinajstić information content (AvgIpc) is 2.66. The average molecular weight is 220 g/mol. The molecule has 3 nitrogen and oxygen atoms in total. The standard InChI is InChI=1S/C12H13FN2O/c1-8(16)6-11-7-14-12(15-11)9-2-4-10(13)5-3-9/h2-5,7-8,16H,6H2,1H3,(H,14,15). The van der Waals surface area contributed by atoms with E-state index < -0.39 is 6.10 Å². The van der Waals surface area contributed by atoms with E-state index in [9.17, 15) is 9.50 Å². The summed E-state index contributed by atoms with van der Waals surface area (Å²) in [5.41, 5.74) is 1.70. The van der Waals surface area contributed by atoms with Crippen molar-refractivity contribution in [3.05, 3.63) is 42.0 Å². The highest BCUT2D eigenvalue weighted by molar-refractivity contribution is 5.54. The highest BCUT2D eigenvalue weighted by atomic mass is 19.1. The second-order valence-corrected chi connectivity index (χ2v) is 3.82. The lowest BCUT2D eigenvalue weighted by atomic mass is 10.2. The molecule has 16 heavy (non-hydrogen) atoms. The highest BCUT2D eigenvalue weighted by Crippen LogP contribution is 2.16. The molecule has 1 unspecified atom stereocenters. The van der Waals surface area contributed by atoms with Crippen molar-refractivity contribution >= 4 is 0 Å². The normalized spacial score (nSPS) is 12.7. The molecule has 4 heteroatoms. The van der Waals surface area contributed by atoms with Crippen LogP contribution in [0.15, 0.2) is 30.5 Å². The zero-order valence-electron chi connectivity index (χ0n) is 8.94. The Morgan fingerprint density at radius 1 is 1.38 bits per heavy atom. The van der Waals surface area contributed by atoms with Crippen molar-refractivity contribution in [3.8, 4) is 11.4 Å². The fourth-order valence-corrected chi connectivity index (χ4v) is 1.54. The van der Waals surface area contributed by atoms with E-state index in [2.05, 4.69) is 9.97 Å². The van der Waals surface area contributed by atoms with Gasteiger partial charge >= 0.3 is 0 Å². The Hall–Kier alpha value is -1.68. The third kappa shape index (κ3) is 2.46. The zero-order valence-corrected chi connectivity index (χ0v) is 8.94. The van der Waals surface area contributed by atoms with Gasteiger partial charge in [-0.15, -0.1) is 0 Å². The maximum atomic E-state index is 12.7. The predicted octanol–water partition coefficient (Wildman–Crippen LogP) is 2.14. The van der Waals surface area contributed by atoms with Gasteiger partial charge < -0.3 is 10.1 Å². The van der Waals surface area contributed by atoms with Gasteiger partial charge in [-0.3, -0.25) is 0 Å². The quantitative estimate of drug-likeness (QED) is 0.832. The van der Waals surface area contributed by atoms with Crippen LogP contribution in [0.5, 0.6) is 0 Å². The van der Waals surface area contributed by atoms with E-state index in [1.54, 1.807) is 25.3 Å². The molecule has 0 saturated carbocycles. The molecule has 0 spiro atoms. The second-order valence-electron chi connectivity index (χ2n) is 3.82. The summed E-state index contributed by atoms with van der Waals surface area (Å²) in [6.07, 6.45) is 1.82. The molecule has 1 aromatic heterocycles. The first-order chi connectivity index (χ1) is 7.65. The van der Waals surface area contributed by atoms with Crippen molar-refractivity contribution in [3.63, 3.8) is 0 Å². The summed E-state index contributed by atoms with van der Waals surface area (Å²) in [5.74, 6) is 0.426. The summed E-state index contributed by atoms with van der Waals surface area (Å²) in [6, 6.07) is 6.12. The minimum absolute atomic E-state index is 0.264. The van der Waals surface area contributed by atoms with Crippen LogP contribution in [-0.4, -0.2) is 21.2 Å². The lowest BCUT2D eigenvalue weighted by Gasteiger charge is -2.00. The fraction of sp³-hybridized carbons (Fsp3) is 0.250. The Bertz CT molecular complexity index is 462. The smallest absolute Gasteiger partial charge is 0.137 e. The van der Waals surface area contributed by atoms with E-state index in [0.29, 0.717) is 12.2 Å². The Labute approximate surface area is 93.0 Å². The summed E-state index contributed by atoms with van der Waals surface area (Å²) < 4.78 is 12.7. The molecule has 0 aliphatic heterocycles. The first-order valence-electron chi connectivity index (χ1n) is 5.13. The number of aromatic nitrogens is 2. The van der Waals surface area contributed by atoms with Crippen molar-refractivity contribution in [2.24, 2.45) is 0 Å². The third-order valence-electron chi connectivity index (χ3n) is 2.26. The van der Waals surface area contributed by atoms with Crippen molar-refractivity contribution < 1.29 is 9.50 Å². The number of aliphatic hydroxyl groups is 1.